The fraction of sp³-hybridized carbons (Fsp3) is 0.500. The predicted molar refractivity (Wildman–Crippen MR) is 49.7 cm³/mol. The van der Waals surface area contributed by atoms with E-state index in [-0.39, 0.29) is 6.54 Å². The molecule has 6 heteroatoms. The third kappa shape index (κ3) is 5.28. The normalized spacial score (nSPS) is 11.8. The Balaban J connectivity index is 3.79. The van der Waals surface area contributed by atoms with Gasteiger partial charge < -0.3 is 20.8 Å². The van der Waals surface area contributed by atoms with Crippen molar-refractivity contribution < 1.29 is 19.8 Å². The maximum atomic E-state index is 11.0. The minimum Gasteiger partial charge on any atom is -0.480 e. The number of carboxylic acids is 1. The molecule has 0 spiro atoms. The van der Waals surface area contributed by atoms with Crippen LogP contribution in [-0.4, -0.2) is 47.8 Å². The highest BCUT2D eigenvalue weighted by molar-refractivity contribution is 5.84. The number of carboxylic acid groups (broad SMARTS) is 1. The van der Waals surface area contributed by atoms with Gasteiger partial charge in [-0.2, -0.15) is 0 Å². The van der Waals surface area contributed by atoms with Crippen LogP contribution in [0.5, 0.6) is 0 Å². The van der Waals surface area contributed by atoms with Gasteiger partial charge in [-0.15, -0.1) is 6.58 Å². The number of hydrogen-bond donors (Lipinski definition) is 4. The van der Waals surface area contributed by atoms with Crippen LogP contribution in [0.15, 0.2) is 12.7 Å². The lowest BCUT2D eigenvalue weighted by molar-refractivity contribution is -0.142. The summed E-state index contributed by atoms with van der Waals surface area (Å²) in [6.45, 7) is 3.27. The smallest absolute Gasteiger partial charge is 0.328 e. The van der Waals surface area contributed by atoms with Crippen molar-refractivity contribution in [2.75, 3.05) is 19.7 Å². The van der Waals surface area contributed by atoms with Crippen molar-refractivity contribution in [3.8, 4) is 0 Å². The van der Waals surface area contributed by atoms with Gasteiger partial charge >= 0.3 is 5.97 Å². The summed E-state index contributed by atoms with van der Waals surface area (Å²) in [5.41, 5.74) is 0. The first-order valence-corrected chi connectivity index (χ1v) is 4.06. The Bertz CT molecular complexity index is 217. The lowest BCUT2D eigenvalue weighted by atomic mass is 10.3. The molecule has 0 radical (unpaired) electrons. The highest BCUT2D eigenvalue weighted by Gasteiger charge is 2.17. The summed E-state index contributed by atoms with van der Waals surface area (Å²) in [4.78, 5) is 21.4. The molecule has 0 bridgehead atoms. The molecule has 1 atom stereocenters. The standard InChI is InChI=1S/C8H14N2O4/c1-2-3-9-4-7(12)10-6(5-11)8(13)14/h2,6,9,11H,1,3-5H2,(H,10,12)(H,13,14)/t6-/m0/s1. The molecule has 0 unspecified atom stereocenters. The number of aliphatic carboxylic acids is 1. The van der Waals surface area contributed by atoms with E-state index in [1.54, 1.807) is 6.08 Å². The zero-order chi connectivity index (χ0) is 11.0. The fourth-order valence-electron chi connectivity index (χ4n) is 0.719. The lowest BCUT2D eigenvalue weighted by Gasteiger charge is -2.11. The SMILES string of the molecule is C=CCNCC(=O)N[C@@H](CO)C(=O)O. The Morgan fingerprint density at radius 3 is 2.57 bits per heavy atom. The number of aliphatic hydroxyl groups excluding tert-OH is 1. The van der Waals surface area contributed by atoms with Crippen LogP contribution in [0.2, 0.25) is 0 Å². The van der Waals surface area contributed by atoms with Gasteiger partial charge in [-0.3, -0.25) is 4.79 Å². The van der Waals surface area contributed by atoms with Crippen molar-refractivity contribution in [1.82, 2.24) is 10.6 Å². The molecule has 0 aliphatic rings. The Kier molecular flexibility index (Phi) is 6.34. The van der Waals surface area contributed by atoms with E-state index >= 15 is 0 Å². The van der Waals surface area contributed by atoms with E-state index in [2.05, 4.69) is 17.2 Å². The molecule has 14 heavy (non-hydrogen) atoms. The number of hydrogen-bond acceptors (Lipinski definition) is 4. The van der Waals surface area contributed by atoms with Gasteiger partial charge in [-0.25, -0.2) is 4.79 Å². The van der Waals surface area contributed by atoms with Crippen molar-refractivity contribution in [2.45, 2.75) is 6.04 Å². The van der Waals surface area contributed by atoms with Crippen molar-refractivity contribution >= 4 is 11.9 Å². The van der Waals surface area contributed by atoms with E-state index in [1.807, 2.05) is 0 Å². The molecule has 0 aromatic rings. The van der Waals surface area contributed by atoms with Crippen LogP contribution < -0.4 is 10.6 Å². The van der Waals surface area contributed by atoms with Gasteiger partial charge in [0.05, 0.1) is 13.2 Å². The average molecular weight is 202 g/mol. The number of rotatable bonds is 7. The third-order valence-corrected chi connectivity index (χ3v) is 1.39. The molecule has 0 fully saturated rings. The van der Waals surface area contributed by atoms with Crippen LogP contribution in [0.3, 0.4) is 0 Å². The van der Waals surface area contributed by atoms with E-state index in [1.165, 1.54) is 0 Å². The molecule has 1 amide bonds. The van der Waals surface area contributed by atoms with Crippen LogP contribution in [0, 0.1) is 0 Å². The molecule has 0 rings (SSSR count). The van der Waals surface area contributed by atoms with E-state index in [0.717, 1.165) is 0 Å². The first kappa shape index (κ1) is 12.6. The molecule has 0 heterocycles. The van der Waals surface area contributed by atoms with E-state index < -0.39 is 24.5 Å². The van der Waals surface area contributed by atoms with Gasteiger partial charge in [-0.05, 0) is 0 Å². The first-order chi connectivity index (χ1) is 6.61. The Morgan fingerprint density at radius 2 is 2.14 bits per heavy atom. The minimum absolute atomic E-state index is 0.00417. The molecule has 4 N–H and O–H groups in total. The highest BCUT2D eigenvalue weighted by Crippen LogP contribution is 1.81. The van der Waals surface area contributed by atoms with Gasteiger partial charge in [0, 0.05) is 6.54 Å². The molecular weight excluding hydrogens is 188 g/mol. The Labute approximate surface area is 81.6 Å². The molecule has 0 aromatic heterocycles. The number of amides is 1. The highest BCUT2D eigenvalue weighted by atomic mass is 16.4. The largest absolute Gasteiger partial charge is 0.480 e. The van der Waals surface area contributed by atoms with Crippen molar-refractivity contribution in [3.05, 3.63) is 12.7 Å². The summed E-state index contributed by atoms with van der Waals surface area (Å²) in [5, 5.41) is 21.9. The van der Waals surface area contributed by atoms with Gasteiger partial charge in [0.15, 0.2) is 0 Å². The zero-order valence-electron chi connectivity index (χ0n) is 7.69. The Hall–Kier alpha value is -1.40. The molecule has 6 nitrogen and oxygen atoms in total. The average Bonchev–Trinajstić information content (AvgIpc) is 2.14. The van der Waals surface area contributed by atoms with Crippen LogP contribution in [0.1, 0.15) is 0 Å². The lowest BCUT2D eigenvalue weighted by Crippen LogP contribution is -2.46. The predicted octanol–water partition coefficient (Wildman–Crippen LogP) is -1.68. The summed E-state index contributed by atoms with van der Waals surface area (Å²) in [6, 6.07) is -1.24. The van der Waals surface area contributed by atoms with E-state index in [4.69, 9.17) is 10.2 Å². The second kappa shape index (κ2) is 7.05. The second-order valence-electron chi connectivity index (χ2n) is 2.56. The van der Waals surface area contributed by atoms with Crippen molar-refractivity contribution in [3.63, 3.8) is 0 Å². The van der Waals surface area contributed by atoms with Gasteiger partial charge in [-0.1, -0.05) is 6.08 Å². The third-order valence-electron chi connectivity index (χ3n) is 1.39. The Morgan fingerprint density at radius 1 is 1.50 bits per heavy atom. The summed E-state index contributed by atoms with van der Waals surface area (Å²) in [6.07, 6.45) is 1.58. The summed E-state index contributed by atoms with van der Waals surface area (Å²) < 4.78 is 0. The molecule has 0 aromatic carbocycles. The van der Waals surface area contributed by atoms with Crippen LogP contribution in [-0.2, 0) is 9.59 Å². The van der Waals surface area contributed by atoms with Gasteiger partial charge in [0.2, 0.25) is 5.91 Å². The second-order valence-corrected chi connectivity index (χ2v) is 2.56. The number of carbonyl (C=O) groups excluding carboxylic acids is 1. The topological polar surface area (TPSA) is 98.7 Å². The van der Waals surface area contributed by atoms with Crippen LogP contribution >= 0.6 is 0 Å². The molecule has 0 aliphatic carbocycles. The maximum absolute atomic E-state index is 11.0. The molecule has 0 saturated heterocycles. The van der Waals surface area contributed by atoms with E-state index in [9.17, 15) is 9.59 Å². The molecular formula is C8H14N2O4. The zero-order valence-corrected chi connectivity index (χ0v) is 7.69. The van der Waals surface area contributed by atoms with Crippen LogP contribution in [0.4, 0.5) is 0 Å². The van der Waals surface area contributed by atoms with Crippen molar-refractivity contribution in [2.24, 2.45) is 0 Å². The number of carbonyl (C=O) groups is 2. The summed E-state index contributed by atoms with van der Waals surface area (Å²) in [7, 11) is 0. The number of nitrogens with one attached hydrogen (secondary N) is 2. The van der Waals surface area contributed by atoms with Gasteiger partial charge in [0.25, 0.3) is 0 Å². The fourth-order valence-corrected chi connectivity index (χ4v) is 0.719. The maximum Gasteiger partial charge on any atom is 0.328 e. The summed E-state index contributed by atoms with van der Waals surface area (Å²) >= 11 is 0. The van der Waals surface area contributed by atoms with Crippen molar-refractivity contribution in [1.29, 1.82) is 0 Å². The van der Waals surface area contributed by atoms with Gasteiger partial charge in [0.1, 0.15) is 6.04 Å². The quantitative estimate of drug-likeness (QED) is 0.292. The minimum atomic E-state index is -1.26. The monoisotopic (exact) mass is 202 g/mol. The first-order valence-electron chi connectivity index (χ1n) is 4.06. The molecule has 0 saturated carbocycles. The van der Waals surface area contributed by atoms with E-state index in [0.29, 0.717) is 6.54 Å². The van der Waals surface area contributed by atoms with Crippen LogP contribution in [0.25, 0.3) is 0 Å². The number of aliphatic hydroxyl groups is 1. The summed E-state index contributed by atoms with van der Waals surface area (Å²) in [5.74, 6) is -1.74. The molecule has 0 aliphatic heterocycles. The molecule has 80 valence electrons.